The molecule has 0 aliphatic rings. The molecule has 3 N–H and O–H groups in total. The van der Waals surface area contributed by atoms with Crippen molar-refractivity contribution in [2.45, 2.75) is 11.1 Å². The second-order valence-corrected chi connectivity index (χ2v) is 6.37. The number of rotatable bonds is 6. The summed E-state index contributed by atoms with van der Waals surface area (Å²) >= 11 is 3.09. The van der Waals surface area contributed by atoms with E-state index in [1.165, 1.54) is 18.2 Å². The quantitative estimate of drug-likeness (QED) is 0.586. The van der Waals surface area contributed by atoms with E-state index in [1.807, 2.05) is 0 Å². The van der Waals surface area contributed by atoms with Crippen LogP contribution in [-0.4, -0.2) is 34.4 Å². The molecule has 0 unspecified atom stereocenters. The van der Waals surface area contributed by atoms with Crippen LogP contribution in [0.15, 0.2) is 27.6 Å². The second kappa shape index (κ2) is 6.74. The van der Waals surface area contributed by atoms with E-state index in [9.17, 15) is 21.6 Å². The third-order valence-corrected chi connectivity index (χ3v) is 4.23. The van der Waals surface area contributed by atoms with Gasteiger partial charge in [0.1, 0.15) is 6.61 Å². The van der Waals surface area contributed by atoms with Crippen LogP contribution in [0.25, 0.3) is 0 Å². The van der Waals surface area contributed by atoms with Gasteiger partial charge in [-0.3, -0.25) is 0 Å². The number of nitrogens with two attached hydrogens (primary N) is 1. The summed E-state index contributed by atoms with van der Waals surface area (Å²) in [6.45, 7) is -2.06. The van der Waals surface area contributed by atoms with Crippen LogP contribution >= 0.6 is 15.9 Å². The Balaban J connectivity index is 2.52. The maximum atomic E-state index is 11.8. The Morgan fingerprint density at radius 3 is 2.55 bits per heavy atom. The Morgan fingerprint density at radius 1 is 1.35 bits per heavy atom. The molecule has 1 aromatic carbocycles. The molecule has 1 aromatic rings. The van der Waals surface area contributed by atoms with Gasteiger partial charge in [-0.25, -0.2) is 13.1 Å². The highest BCUT2D eigenvalue weighted by Crippen LogP contribution is 2.22. The van der Waals surface area contributed by atoms with Gasteiger partial charge in [-0.05, 0) is 34.1 Å². The van der Waals surface area contributed by atoms with Crippen molar-refractivity contribution in [2.24, 2.45) is 0 Å². The molecule has 0 radical (unpaired) electrons. The van der Waals surface area contributed by atoms with Crippen LogP contribution in [0.1, 0.15) is 0 Å². The molecule has 0 amide bonds. The predicted octanol–water partition coefficient (Wildman–Crippen LogP) is 1.89. The van der Waals surface area contributed by atoms with Crippen molar-refractivity contribution in [2.75, 3.05) is 25.5 Å². The predicted molar refractivity (Wildman–Crippen MR) is 70.6 cm³/mol. The number of nitrogens with one attached hydrogen (secondary N) is 1. The molecule has 20 heavy (non-hydrogen) atoms. The van der Waals surface area contributed by atoms with Crippen LogP contribution in [0.5, 0.6) is 0 Å². The average Bonchev–Trinajstić information content (AvgIpc) is 2.30. The summed E-state index contributed by atoms with van der Waals surface area (Å²) in [4.78, 5) is -0.0469. The van der Waals surface area contributed by atoms with Crippen molar-refractivity contribution < 1.29 is 26.3 Å². The van der Waals surface area contributed by atoms with E-state index in [-0.39, 0.29) is 18.0 Å². The van der Waals surface area contributed by atoms with Gasteiger partial charge in [0.15, 0.2) is 0 Å². The second-order valence-electron chi connectivity index (χ2n) is 3.75. The minimum Gasteiger partial charge on any atom is -0.398 e. The molecule has 0 saturated carbocycles. The molecule has 0 aromatic heterocycles. The zero-order chi connectivity index (χ0) is 15.4. The molecule has 0 spiro atoms. The molecule has 0 saturated heterocycles. The first-order valence-electron chi connectivity index (χ1n) is 5.31. The molecule has 5 nitrogen and oxygen atoms in total. The van der Waals surface area contributed by atoms with Gasteiger partial charge < -0.3 is 10.5 Å². The van der Waals surface area contributed by atoms with E-state index in [2.05, 4.69) is 25.4 Å². The van der Waals surface area contributed by atoms with Crippen molar-refractivity contribution >= 4 is 31.6 Å². The maximum absolute atomic E-state index is 11.8. The Morgan fingerprint density at radius 2 is 2.00 bits per heavy atom. The van der Waals surface area contributed by atoms with Crippen LogP contribution in [-0.2, 0) is 14.8 Å². The van der Waals surface area contributed by atoms with E-state index in [0.717, 1.165) is 0 Å². The van der Waals surface area contributed by atoms with Crippen molar-refractivity contribution in [3.05, 3.63) is 22.7 Å². The SMILES string of the molecule is Nc1ccc(S(=O)(=O)NCCOCC(F)(F)F)cc1Br. The van der Waals surface area contributed by atoms with Gasteiger partial charge in [-0.1, -0.05) is 0 Å². The summed E-state index contributed by atoms with van der Waals surface area (Å²) in [6.07, 6.45) is -4.43. The van der Waals surface area contributed by atoms with E-state index >= 15 is 0 Å². The van der Waals surface area contributed by atoms with E-state index in [1.54, 1.807) is 0 Å². The van der Waals surface area contributed by atoms with Gasteiger partial charge in [-0.15, -0.1) is 0 Å². The Labute approximate surface area is 122 Å². The van der Waals surface area contributed by atoms with Gasteiger partial charge in [0.2, 0.25) is 10.0 Å². The van der Waals surface area contributed by atoms with Crippen LogP contribution < -0.4 is 10.5 Å². The van der Waals surface area contributed by atoms with Crippen molar-refractivity contribution in [3.63, 3.8) is 0 Å². The van der Waals surface area contributed by atoms with Gasteiger partial charge in [0.05, 0.1) is 11.5 Å². The fourth-order valence-corrected chi connectivity index (χ4v) is 2.76. The monoisotopic (exact) mass is 376 g/mol. The molecule has 0 heterocycles. The first-order valence-corrected chi connectivity index (χ1v) is 7.58. The first-order chi connectivity index (χ1) is 9.12. The molecule has 0 atom stereocenters. The minimum atomic E-state index is -4.43. The van der Waals surface area contributed by atoms with E-state index in [4.69, 9.17) is 5.73 Å². The molecule has 10 heteroatoms. The molecular weight excluding hydrogens is 365 g/mol. The number of sulfonamides is 1. The third kappa shape index (κ3) is 5.65. The lowest BCUT2D eigenvalue weighted by molar-refractivity contribution is -0.173. The number of benzene rings is 1. The third-order valence-electron chi connectivity index (χ3n) is 2.09. The zero-order valence-corrected chi connectivity index (χ0v) is 12.5. The standard InChI is InChI=1S/C10H12BrF3N2O3S/c11-8-5-7(1-2-9(8)15)20(17,18)16-3-4-19-6-10(12,13)14/h1-2,5,16H,3-4,6,15H2. The highest BCUT2D eigenvalue weighted by molar-refractivity contribution is 9.10. The number of anilines is 1. The molecule has 1 rings (SSSR count). The van der Waals surface area contributed by atoms with Crippen molar-refractivity contribution in [1.82, 2.24) is 4.72 Å². The van der Waals surface area contributed by atoms with Crippen LogP contribution in [0.4, 0.5) is 18.9 Å². The maximum Gasteiger partial charge on any atom is 0.411 e. The Hall–Kier alpha value is -0.840. The van der Waals surface area contributed by atoms with Crippen LogP contribution in [0.3, 0.4) is 0 Å². The Bertz CT molecular complexity index is 563. The van der Waals surface area contributed by atoms with Gasteiger partial charge in [0, 0.05) is 16.7 Å². The fourth-order valence-electron chi connectivity index (χ4n) is 1.19. The number of hydrogen-bond donors (Lipinski definition) is 2. The topological polar surface area (TPSA) is 81.4 Å². The number of halogens is 4. The van der Waals surface area contributed by atoms with Crippen molar-refractivity contribution in [1.29, 1.82) is 0 Å². The molecule has 0 aliphatic heterocycles. The highest BCUT2D eigenvalue weighted by atomic mass is 79.9. The molecular formula is C10H12BrF3N2O3S. The number of nitrogen functional groups attached to an aromatic ring is 1. The van der Waals surface area contributed by atoms with E-state index in [0.29, 0.717) is 10.2 Å². The lowest BCUT2D eigenvalue weighted by Gasteiger charge is -2.09. The first kappa shape index (κ1) is 17.2. The van der Waals surface area contributed by atoms with Gasteiger partial charge in [0.25, 0.3) is 0 Å². The normalized spacial score (nSPS) is 12.6. The average molecular weight is 377 g/mol. The summed E-state index contributed by atoms with van der Waals surface area (Å²) in [7, 11) is -3.81. The zero-order valence-electron chi connectivity index (χ0n) is 10.1. The summed E-state index contributed by atoms with van der Waals surface area (Å²) in [6, 6.07) is 3.99. The fraction of sp³-hybridized carbons (Fsp3) is 0.400. The molecule has 114 valence electrons. The smallest absolute Gasteiger partial charge is 0.398 e. The molecule has 0 aliphatic carbocycles. The molecule has 0 fully saturated rings. The summed E-state index contributed by atoms with van der Waals surface area (Å²) in [5.41, 5.74) is 5.90. The lowest BCUT2D eigenvalue weighted by atomic mass is 10.3. The molecule has 0 bridgehead atoms. The largest absolute Gasteiger partial charge is 0.411 e. The van der Waals surface area contributed by atoms with Crippen LogP contribution in [0, 0.1) is 0 Å². The number of ether oxygens (including phenoxy) is 1. The van der Waals surface area contributed by atoms with Gasteiger partial charge >= 0.3 is 6.18 Å². The van der Waals surface area contributed by atoms with E-state index < -0.39 is 22.8 Å². The Kier molecular flexibility index (Phi) is 5.80. The summed E-state index contributed by atoms with van der Waals surface area (Å²) < 4.78 is 65.8. The van der Waals surface area contributed by atoms with Crippen LogP contribution in [0.2, 0.25) is 0 Å². The minimum absolute atomic E-state index is 0.0469. The van der Waals surface area contributed by atoms with Crippen molar-refractivity contribution in [3.8, 4) is 0 Å². The number of hydrogen-bond acceptors (Lipinski definition) is 4. The van der Waals surface area contributed by atoms with Gasteiger partial charge in [-0.2, -0.15) is 13.2 Å². The summed E-state index contributed by atoms with van der Waals surface area (Å²) in [5.74, 6) is 0. The lowest BCUT2D eigenvalue weighted by Crippen LogP contribution is -2.29. The highest BCUT2D eigenvalue weighted by Gasteiger charge is 2.27. The number of alkyl halides is 3. The summed E-state index contributed by atoms with van der Waals surface area (Å²) in [5, 5.41) is 0.